The van der Waals surface area contributed by atoms with Gasteiger partial charge in [-0.05, 0) is 37.7 Å². The monoisotopic (exact) mass is 249 g/mol. The number of nitrogens with zero attached hydrogens (tertiary/aromatic N) is 2. The van der Waals surface area contributed by atoms with Gasteiger partial charge in [0.05, 0.1) is 0 Å². The van der Waals surface area contributed by atoms with Gasteiger partial charge in [-0.3, -0.25) is 10.2 Å². The van der Waals surface area contributed by atoms with Gasteiger partial charge in [0.1, 0.15) is 5.75 Å². The lowest BCUT2D eigenvalue weighted by molar-refractivity contribution is 0.0662. The van der Waals surface area contributed by atoms with Crippen LogP contribution in [0.4, 0.5) is 0 Å². The lowest BCUT2D eigenvalue weighted by Gasteiger charge is -2.32. The topological polar surface area (TPSA) is 55.8 Å². The zero-order chi connectivity index (χ0) is 13.1. The molecule has 1 heterocycles. The summed E-state index contributed by atoms with van der Waals surface area (Å²) in [6.07, 6.45) is 0. The molecule has 18 heavy (non-hydrogen) atoms. The molecular weight excluding hydrogens is 230 g/mol. The Hall–Kier alpha value is -1.59. The summed E-state index contributed by atoms with van der Waals surface area (Å²) >= 11 is 0. The van der Waals surface area contributed by atoms with Crippen LogP contribution in [-0.4, -0.2) is 54.1 Å². The van der Waals surface area contributed by atoms with E-state index in [1.54, 1.807) is 25.1 Å². The maximum Gasteiger partial charge on any atom is 0.265 e. The highest BCUT2D eigenvalue weighted by Gasteiger charge is 2.16. The average Bonchev–Trinajstić information content (AvgIpc) is 2.35. The van der Waals surface area contributed by atoms with Crippen LogP contribution < -0.4 is 5.43 Å². The molecule has 98 valence electrons. The first-order valence-corrected chi connectivity index (χ1v) is 6.10. The number of aryl methyl sites for hydroxylation is 1. The summed E-state index contributed by atoms with van der Waals surface area (Å²) in [5.74, 6) is 0.0915. The highest BCUT2D eigenvalue weighted by molar-refractivity contribution is 5.94. The summed E-state index contributed by atoms with van der Waals surface area (Å²) in [5.41, 5.74) is 4.17. The quantitative estimate of drug-likeness (QED) is 0.805. The number of hydrazine groups is 1. The second-order valence-electron chi connectivity index (χ2n) is 4.73. The van der Waals surface area contributed by atoms with E-state index >= 15 is 0 Å². The Bertz CT molecular complexity index is 440. The SMILES string of the molecule is Cc1cc(C(=O)NN2CCN(C)CC2)ccc1O. The van der Waals surface area contributed by atoms with E-state index in [-0.39, 0.29) is 11.7 Å². The zero-order valence-electron chi connectivity index (χ0n) is 10.8. The van der Waals surface area contributed by atoms with Gasteiger partial charge in [0.25, 0.3) is 5.91 Å². The van der Waals surface area contributed by atoms with Crippen molar-refractivity contribution in [1.82, 2.24) is 15.3 Å². The van der Waals surface area contributed by atoms with Gasteiger partial charge in [-0.2, -0.15) is 0 Å². The van der Waals surface area contributed by atoms with E-state index in [0.29, 0.717) is 11.1 Å². The molecule has 0 saturated carbocycles. The number of hydrogen-bond acceptors (Lipinski definition) is 4. The molecular formula is C13H19N3O2. The minimum atomic E-state index is -0.123. The first kappa shape index (κ1) is 12.9. The number of carbonyl (C=O) groups is 1. The summed E-state index contributed by atoms with van der Waals surface area (Å²) in [6, 6.07) is 4.88. The number of aromatic hydroxyl groups is 1. The maximum absolute atomic E-state index is 12.0. The van der Waals surface area contributed by atoms with Gasteiger partial charge in [0.2, 0.25) is 0 Å². The van der Waals surface area contributed by atoms with Gasteiger partial charge in [-0.25, -0.2) is 5.01 Å². The lowest BCUT2D eigenvalue weighted by Crippen LogP contribution is -2.52. The largest absolute Gasteiger partial charge is 0.508 e. The van der Waals surface area contributed by atoms with E-state index in [0.717, 1.165) is 26.2 Å². The molecule has 1 aromatic rings. The standard InChI is InChI=1S/C13H19N3O2/c1-10-9-11(3-4-12(10)17)13(18)14-16-7-5-15(2)6-8-16/h3-4,9,17H,5-8H2,1-2H3,(H,14,18). The molecule has 5 heteroatoms. The predicted molar refractivity (Wildman–Crippen MR) is 69.4 cm³/mol. The zero-order valence-corrected chi connectivity index (χ0v) is 10.8. The number of carbonyl (C=O) groups excluding carboxylic acids is 1. The van der Waals surface area contributed by atoms with Gasteiger partial charge in [-0.1, -0.05) is 0 Å². The number of phenols is 1. The van der Waals surface area contributed by atoms with Crippen molar-refractivity contribution in [1.29, 1.82) is 0 Å². The molecule has 2 rings (SSSR count). The van der Waals surface area contributed by atoms with Crippen LogP contribution in [0.3, 0.4) is 0 Å². The number of amides is 1. The lowest BCUT2D eigenvalue weighted by atomic mass is 10.1. The molecule has 2 N–H and O–H groups in total. The van der Waals surface area contributed by atoms with Crippen LogP contribution in [-0.2, 0) is 0 Å². The van der Waals surface area contributed by atoms with Crippen LogP contribution in [0.25, 0.3) is 0 Å². The van der Waals surface area contributed by atoms with E-state index in [4.69, 9.17) is 0 Å². The molecule has 0 spiro atoms. The summed E-state index contributed by atoms with van der Waals surface area (Å²) in [4.78, 5) is 14.2. The summed E-state index contributed by atoms with van der Waals surface area (Å²) in [7, 11) is 2.07. The van der Waals surface area contributed by atoms with E-state index in [9.17, 15) is 9.90 Å². The fourth-order valence-corrected chi connectivity index (χ4v) is 1.92. The van der Waals surface area contributed by atoms with Crippen LogP contribution in [0, 0.1) is 6.92 Å². The van der Waals surface area contributed by atoms with Crippen LogP contribution in [0.5, 0.6) is 5.75 Å². The fraction of sp³-hybridized carbons (Fsp3) is 0.462. The molecule has 0 aliphatic carbocycles. The van der Waals surface area contributed by atoms with Crippen molar-refractivity contribution < 1.29 is 9.90 Å². The van der Waals surface area contributed by atoms with Crippen molar-refractivity contribution in [2.24, 2.45) is 0 Å². The second-order valence-corrected chi connectivity index (χ2v) is 4.73. The summed E-state index contributed by atoms with van der Waals surface area (Å²) in [6.45, 7) is 5.35. The normalized spacial score (nSPS) is 17.7. The predicted octanol–water partition coefficient (Wildman–Crippen LogP) is 0.593. The van der Waals surface area contributed by atoms with E-state index in [1.165, 1.54) is 0 Å². The third kappa shape index (κ3) is 3.00. The third-order valence-electron chi connectivity index (χ3n) is 3.22. The molecule has 0 unspecified atom stereocenters. The summed E-state index contributed by atoms with van der Waals surface area (Å²) in [5, 5.41) is 11.4. The van der Waals surface area contributed by atoms with Gasteiger partial charge in [0.15, 0.2) is 0 Å². The molecule has 0 radical (unpaired) electrons. The molecule has 0 aromatic heterocycles. The van der Waals surface area contributed by atoms with Crippen molar-refractivity contribution in [3.8, 4) is 5.75 Å². The van der Waals surface area contributed by atoms with E-state index in [2.05, 4.69) is 17.4 Å². The number of benzene rings is 1. The third-order valence-corrected chi connectivity index (χ3v) is 3.22. The number of likely N-dealkylation sites (N-methyl/N-ethyl adjacent to an activating group) is 1. The molecule has 5 nitrogen and oxygen atoms in total. The van der Waals surface area contributed by atoms with Gasteiger partial charge < -0.3 is 10.0 Å². The van der Waals surface area contributed by atoms with Crippen LogP contribution in [0.1, 0.15) is 15.9 Å². The second kappa shape index (κ2) is 5.37. The smallest absolute Gasteiger partial charge is 0.265 e. The van der Waals surface area contributed by atoms with Crippen molar-refractivity contribution in [3.05, 3.63) is 29.3 Å². The minimum absolute atomic E-state index is 0.123. The number of phenolic OH excluding ortho intramolecular Hbond substituents is 1. The Balaban J connectivity index is 1.97. The van der Waals surface area contributed by atoms with Crippen molar-refractivity contribution >= 4 is 5.91 Å². The van der Waals surface area contributed by atoms with Crippen LogP contribution >= 0.6 is 0 Å². The van der Waals surface area contributed by atoms with Gasteiger partial charge in [-0.15, -0.1) is 0 Å². The molecule has 1 fully saturated rings. The highest BCUT2D eigenvalue weighted by atomic mass is 16.3. The molecule has 1 aliphatic rings. The van der Waals surface area contributed by atoms with E-state index < -0.39 is 0 Å². The number of hydrogen-bond donors (Lipinski definition) is 2. The van der Waals surface area contributed by atoms with Crippen molar-refractivity contribution in [3.63, 3.8) is 0 Å². The van der Waals surface area contributed by atoms with Crippen LogP contribution in [0.15, 0.2) is 18.2 Å². The first-order chi connectivity index (χ1) is 8.56. The molecule has 1 amide bonds. The van der Waals surface area contributed by atoms with Gasteiger partial charge in [0, 0.05) is 31.7 Å². The minimum Gasteiger partial charge on any atom is -0.508 e. The molecule has 1 saturated heterocycles. The Labute approximate surface area is 107 Å². The Kier molecular flexibility index (Phi) is 3.84. The van der Waals surface area contributed by atoms with Crippen LogP contribution in [0.2, 0.25) is 0 Å². The number of piperazine rings is 1. The Morgan fingerprint density at radius 2 is 1.94 bits per heavy atom. The molecule has 1 aliphatic heterocycles. The fourth-order valence-electron chi connectivity index (χ4n) is 1.92. The van der Waals surface area contributed by atoms with Gasteiger partial charge >= 0.3 is 0 Å². The van der Waals surface area contributed by atoms with Crippen molar-refractivity contribution in [2.45, 2.75) is 6.92 Å². The first-order valence-electron chi connectivity index (χ1n) is 6.10. The molecule has 0 atom stereocenters. The maximum atomic E-state index is 12.0. The average molecular weight is 249 g/mol. The summed E-state index contributed by atoms with van der Waals surface area (Å²) < 4.78 is 0. The Morgan fingerprint density at radius 1 is 1.28 bits per heavy atom. The van der Waals surface area contributed by atoms with Crippen molar-refractivity contribution in [2.75, 3.05) is 33.2 Å². The number of rotatable bonds is 2. The Morgan fingerprint density at radius 3 is 2.56 bits per heavy atom. The van der Waals surface area contributed by atoms with E-state index in [1.807, 2.05) is 5.01 Å². The highest BCUT2D eigenvalue weighted by Crippen LogP contribution is 2.16. The molecule has 0 bridgehead atoms. The number of nitrogens with one attached hydrogen (secondary N) is 1. The molecule has 1 aromatic carbocycles.